The molecule has 13 heavy (non-hydrogen) atoms. The summed E-state index contributed by atoms with van der Waals surface area (Å²) in [6, 6.07) is 0. The van der Waals surface area contributed by atoms with Crippen molar-refractivity contribution in [1.82, 2.24) is 0 Å². The molecule has 0 aliphatic heterocycles. The number of allylic oxidation sites excluding steroid dienone is 2. The van der Waals surface area contributed by atoms with Crippen molar-refractivity contribution in [3.8, 4) is 0 Å². The molecule has 0 aliphatic rings. The van der Waals surface area contributed by atoms with Crippen molar-refractivity contribution < 1.29 is 9.53 Å². The summed E-state index contributed by atoms with van der Waals surface area (Å²) in [6.07, 6.45) is 5.87. The van der Waals surface area contributed by atoms with Gasteiger partial charge in [-0.3, -0.25) is 4.79 Å². The third-order valence-corrected chi connectivity index (χ3v) is 1.09. The van der Waals surface area contributed by atoms with Gasteiger partial charge in [0.05, 0.1) is 6.26 Å². The molecule has 76 valence electrons. The van der Waals surface area contributed by atoms with Gasteiger partial charge in [0.25, 0.3) is 0 Å². The smallest absolute Gasteiger partial charge is 0.307 e. The average molecular weight is 184 g/mol. The lowest BCUT2D eigenvalue weighted by molar-refractivity contribution is -0.135. The second-order valence-corrected chi connectivity index (χ2v) is 2.85. The lowest BCUT2D eigenvalue weighted by Crippen LogP contribution is -1.87. The maximum Gasteiger partial charge on any atom is 0.307 e. The lowest BCUT2D eigenvalue weighted by Gasteiger charge is -1.85. The second-order valence-electron chi connectivity index (χ2n) is 2.85. The summed E-state index contributed by atoms with van der Waals surface area (Å²) < 4.78 is 4.17. The Balaban J connectivity index is 0. The fourth-order valence-corrected chi connectivity index (χ4v) is 0.550. The Bertz CT molecular complexity index is 165. The predicted octanol–water partition coefficient (Wildman–Crippen LogP) is 3.45. The number of rotatable bonds is 3. The van der Waals surface area contributed by atoms with E-state index in [4.69, 9.17) is 0 Å². The molecule has 0 saturated carbocycles. The molecule has 2 nitrogen and oxygen atoms in total. The van der Waals surface area contributed by atoms with Crippen molar-refractivity contribution in [3.63, 3.8) is 0 Å². The quantitative estimate of drug-likeness (QED) is 0.381. The van der Waals surface area contributed by atoms with Crippen LogP contribution in [0.1, 0.15) is 40.5 Å². The lowest BCUT2D eigenvalue weighted by atomic mass is 10.2. The van der Waals surface area contributed by atoms with Gasteiger partial charge in [-0.2, -0.15) is 0 Å². The van der Waals surface area contributed by atoms with Crippen molar-refractivity contribution in [2.75, 3.05) is 0 Å². The Labute approximate surface area is 81.3 Å². The fraction of sp³-hybridized carbons (Fsp3) is 0.545. The van der Waals surface area contributed by atoms with E-state index in [1.165, 1.54) is 25.3 Å². The molecule has 0 atom stereocenters. The largest absolute Gasteiger partial charge is 0.435 e. The van der Waals surface area contributed by atoms with Crippen LogP contribution in [-0.2, 0) is 9.53 Å². The van der Waals surface area contributed by atoms with Gasteiger partial charge in [-0.15, -0.1) is 0 Å². The van der Waals surface area contributed by atoms with Gasteiger partial charge < -0.3 is 4.74 Å². The molecule has 0 heterocycles. The van der Waals surface area contributed by atoms with Gasteiger partial charge in [-0.1, -0.05) is 31.6 Å². The van der Waals surface area contributed by atoms with Crippen LogP contribution in [-0.4, -0.2) is 5.97 Å². The molecule has 2 heteroatoms. The number of carbonyl (C=O) groups excluding carboxylic acids is 1. The summed E-state index contributed by atoms with van der Waals surface area (Å²) in [4.78, 5) is 9.75. The maximum atomic E-state index is 9.75. The van der Waals surface area contributed by atoms with Crippen molar-refractivity contribution in [1.29, 1.82) is 0 Å². The number of esters is 1. The number of ether oxygens (including phenoxy) is 1. The average Bonchev–Trinajstić information content (AvgIpc) is 2.01. The monoisotopic (exact) mass is 184 g/mol. The maximum absolute atomic E-state index is 9.75. The minimum Gasteiger partial charge on any atom is -0.435 e. The standard InChI is InChI=1S/C7H14.C4H6O2/c1-4-5-6-7(2)3;1-3-6-4(2)5/h6H,4-5H2,1-3H3;3H,1H2,2H3. The fourth-order valence-electron chi connectivity index (χ4n) is 0.550. The van der Waals surface area contributed by atoms with E-state index < -0.39 is 0 Å². The molecule has 0 radical (unpaired) electrons. The van der Waals surface area contributed by atoms with E-state index in [0.717, 1.165) is 6.26 Å². The van der Waals surface area contributed by atoms with Crippen LogP contribution in [0, 0.1) is 0 Å². The van der Waals surface area contributed by atoms with Gasteiger partial charge in [0.1, 0.15) is 0 Å². The van der Waals surface area contributed by atoms with Gasteiger partial charge in [0.2, 0.25) is 0 Å². The van der Waals surface area contributed by atoms with E-state index in [1.807, 2.05) is 0 Å². The Kier molecular flexibility index (Phi) is 12.2. The predicted molar refractivity (Wildman–Crippen MR) is 56.3 cm³/mol. The Morgan fingerprint density at radius 3 is 2.00 bits per heavy atom. The van der Waals surface area contributed by atoms with Crippen molar-refractivity contribution in [2.45, 2.75) is 40.5 Å². The Hall–Kier alpha value is -1.05. The number of hydrogen-bond donors (Lipinski definition) is 0. The molecule has 0 rings (SSSR count). The number of carbonyl (C=O) groups is 1. The summed E-state index contributed by atoms with van der Waals surface area (Å²) in [5.41, 5.74) is 1.43. The van der Waals surface area contributed by atoms with Crippen LogP contribution >= 0.6 is 0 Å². The molecular weight excluding hydrogens is 164 g/mol. The minimum atomic E-state index is -0.329. The van der Waals surface area contributed by atoms with Crippen molar-refractivity contribution in [3.05, 3.63) is 24.5 Å². The first-order chi connectivity index (χ1) is 6.04. The highest BCUT2D eigenvalue weighted by Crippen LogP contribution is 1.94. The molecule has 0 fully saturated rings. The summed E-state index contributed by atoms with van der Waals surface area (Å²) >= 11 is 0. The zero-order valence-electron chi connectivity index (χ0n) is 9.09. The molecule has 0 aromatic heterocycles. The van der Waals surface area contributed by atoms with Crippen LogP contribution in [0.25, 0.3) is 0 Å². The molecule has 0 unspecified atom stereocenters. The molecule has 0 bridgehead atoms. The van der Waals surface area contributed by atoms with E-state index in [2.05, 4.69) is 38.2 Å². The second kappa shape index (κ2) is 11.0. The summed E-state index contributed by atoms with van der Waals surface area (Å²) in [5.74, 6) is -0.329. The van der Waals surface area contributed by atoms with Crippen LogP contribution in [0.4, 0.5) is 0 Å². The minimum absolute atomic E-state index is 0.329. The van der Waals surface area contributed by atoms with Gasteiger partial charge in [0, 0.05) is 6.92 Å². The van der Waals surface area contributed by atoms with Crippen LogP contribution in [0.2, 0.25) is 0 Å². The van der Waals surface area contributed by atoms with E-state index in [1.54, 1.807) is 0 Å². The zero-order chi connectivity index (χ0) is 10.7. The topological polar surface area (TPSA) is 26.3 Å². The van der Waals surface area contributed by atoms with Gasteiger partial charge in [-0.05, 0) is 20.3 Å². The molecule has 0 spiro atoms. The van der Waals surface area contributed by atoms with E-state index in [9.17, 15) is 4.79 Å². The van der Waals surface area contributed by atoms with Crippen LogP contribution in [0.5, 0.6) is 0 Å². The molecular formula is C11H20O2. The number of hydrogen-bond acceptors (Lipinski definition) is 2. The molecule has 0 aromatic rings. The van der Waals surface area contributed by atoms with E-state index in [0.29, 0.717) is 0 Å². The highest BCUT2D eigenvalue weighted by molar-refractivity contribution is 5.66. The van der Waals surface area contributed by atoms with Crippen LogP contribution in [0.3, 0.4) is 0 Å². The van der Waals surface area contributed by atoms with Gasteiger partial charge in [0.15, 0.2) is 0 Å². The normalized spacial score (nSPS) is 7.69. The summed E-state index contributed by atoms with van der Waals surface area (Å²) in [6.45, 7) is 10.9. The molecule has 0 N–H and O–H groups in total. The Morgan fingerprint density at radius 2 is 1.92 bits per heavy atom. The zero-order valence-corrected chi connectivity index (χ0v) is 9.09. The molecule has 0 saturated heterocycles. The SMILES string of the molecule is C=COC(C)=O.CCCC=C(C)C. The van der Waals surface area contributed by atoms with Crippen LogP contribution in [0.15, 0.2) is 24.5 Å². The third kappa shape index (κ3) is 24.8. The van der Waals surface area contributed by atoms with Gasteiger partial charge in [-0.25, -0.2) is 0 Å². The highest BCUT2D eigenvalue weighted by atomic mass is 16.5. The number of unbranched alkanes of at least 4 members (excludes halogenated alkanes) is 1. The first-order valence-electron chi connectivity index (χ1n) is 4.46. The van der Waals surface area contributed by atoms with Gasteiger partial charge >= 0.3 is 5.97 Å². The third-order valence-electron chi connectivity index (χ3n) is 1.09. The summed E-state index contributed by atoms with van der Waals surface area (Å²) in [7, 11) is 0. The van der Waals surface area contributed by atoms with E-state index in [-0.39, 0.29) is 5.97 Å². The van der Waals surface area contributed by atoms with Crippen molar-refractivity contribution in [2.24, 2.45) is 0 Å². The molecule has 0 amide bonds. The summed E-state index contributed by atoms with van der Waals surface area (Å²) in [5, 5.41) is 0. The molecule has 0 aliphatic carbocycles. The van der Waals surface area contributed by atoms with E-state index >= 15 is 0 Å². The Morgan fingerprint density at radius 1 is 1.38 bits per heavy atom. The highest BCUT2D eigenvalue weighted by Gasteiger charge is 1.79. The first-order valence-corrected chi connectivity index (χ1v) is 4.46. The molecule has 0 aromatic carbocycles. The van der Waals surface area contributed by atoms with Crippen molar-refractivity contribution >= 4 is 5.97 Å². The first kappa shape index (κ1) is 14.5. The van der Waals surface area contributed by atoms with Crippen LogP contribution < -0.4 is 0 Å².